The van der Waals surface area contributed by atoms with E-state index in [1.807, 2.05) is 0 Å². The van der Waals surface area contributed by atoms with Gasteiger partial charge < -0.3 is 14.2 Å². The van der Waals surface area contributed by atoms with E-state index in [1.165, 1.54) is 26.5 Å². The number of sulfonamides is 1. The van der Waals surface area contributed by atoms with Crippen LogP contribution in [-0.4, -0.2) is 27.6 Å². The molecule has 0 spiro atoms. The number of hydrogen-bond acceptors (Lipinski definition) is 6. The lowest BCUT2D eigenvalue weighted by atomic mass is 10.1. The molecule has 0 saturated carbocycles. The summed E-state index contributed by atoms with van der Waals surface area (Å²) in [7, 11) is -1.08. The van der Waals surface area contributed by atoms with Gasteiger partial charge in [0.15, 0.2) is 23.1 Å². The predicted octanol–water partition coefficient (Wildman–Crippen LogP) is 3.11. The molecule has 10 heteroatoms. The Kier molecular flexibility index (Phi) is 5.34. The molecule has 0 radical (unpaired) electrons. The van der Waals surface area contributed by atoms with Crippen molar-refractivity contribution < 1.29 is 31.4 Å². The third-order valence-corrected chi connectivity index (χ3v) is 4.60. The van der Waals surface area contributed by atoms with Crippen molar-refractivity contribution in [3.8, 4) is 23.0 Å². The largest absolute Gasteiger partial charge is 0.493 e. The molecular weight excluding hydrogens is 394 g/mol. The first-order valence-electron chi connectivity index (χ1n) is 7.89. The van der Waals surface area contributed by atoms with E-state index in [4.69, 9.17) is 19.3 Å². The van der Waals surface area contributed by atoms with Crippen LogP contribution in [0.15, 0.2) is 36.5 Å². The molecule has 0 aliphatic rings. The molecule has 3 rings (SSSR count). The standard InChI is InChI=1S/C18H16F2N2O5S/c1-25-17-6-11-14(8-18(17)26-2)22-4-3-15(11)27-16-7-12(19)10(5-13(16)20)9-28(21,23)24/h3-8H,9H2,1-2H3,(H2,21,23,24). The van der Waals surface area contributed by atoms with Gasteiger partial charge in [-0.3, -0.25) is 4.98 Å². The number of nitrogens with zero attached hydrogens (tertiary/aromatic N) is 1. The number of hydrogen-bond donors (Lipinski definition) is 1. The highest BCUT2D eigenvalue weighted by Crippen LogP contribution is 2.37. The van der Waals surface area contributed by atoms with Crippen LogP contribution in [0.4, 0.5) is 8.78 Å². The molecule has 2 aromatic carbocycles. The lowest BCUT2D eigenvalue weighted by Crippen LogP contribution is -2.15. The van der Waals surface area contributed by atoms with Crippen LogP contribution in [0.3, 0.4) is 0 Å². The number of aromatic nitrogens is 1. The highest BCUT2D eigenvalue weighted by Gasteiger charge is 2.17. The fraction of sp³-hybridized carbons (Fsp3) is 0.167. The Hall–Kier alpha value is -2.98. The number of primary sulfonamides is 1. The van der Waals surface area contributed by atoms with Crippen molar-refractivity contribution >= 4 is 20.9 Å². The second-order valence-corrected chi connectivity index (χ2v) is 7.43. The van der Waals surface area contributed by atoms with Gasteiger partial charge in [0.05, 0.1) is 25.5 Å². The summed E-state index contributed by atoms with van der Waals surface area (Å²) < 4.78 is 66.8. The average molecular weight is 410 g/mol. The molecule has 3 aromatic rings. The van der Waals surface area contributed by atoms with Crippen molar-refractivity contribution in [2.24, 2.45) is 5.14 Å². The Morgan fingerprint density at radius 2 is 1.64 bits per heavy atom. The molecular formula is C18H16F2N2O5S. The smallest absolute Gasteiger partial charge is 0.213 e. The predicted molar refractivity (Wildman–Crippen MR) is 98.1 cm³/mol. The molecule has 0 bridgehead atoms. The average Bonchev–Trinajstić information content (AvgIpc) is 2.63. The summed E-state index contributed by atoms with van der Waals surface area (Å²) in [5, 5.41) is 5.36. The molecule has 28 heavy (non-hydrogen) atoms. The number of rotatable bonds is 6. The van der Waals surface area contributed by atoms with E-state index in [9.17, 15) is 17.2 Å². The number of benzene rings is 2. The zero-order chi connectivity index (χ0) is 20.5. The van der Waals surface area contributed by atoms with E-state index in [2.05, 4.69) is 4.98 Å². The molecule has 2 N–H and O–H groups in total. The molecule has 0 saturated heterocycles. The van der Waals surface area contributed by atoms with E-state index in [0.29, 0.717) is 22.4 Å². The quantitative estimate of drug-likeness (QED) is 0.670. The summed E-state index contributed by atoms with van der Waals surface area (Å²) in [5.41, 5.74) is 0.0974. The number of methoxy groups -OCH3 is 2. The van der Waals surface area contributed by atoms with E-state index in [0.717, 1.165) is 12.1 Å². The maximum Gasteiger partial charge on any atom is 0.213 e. The Bertz CT molecular complexity index is 1150. The molecule has 1 heterocycles. The highest BCUT2D eigenvalue weighted by molar-refractivity contribution is 7.88. The van der Waals surface area contributed by atoms with Crippen LogP contribution < -0.4 is 19.3 Å². The number of fused-ring (bicyclic) bond motifs is 1. The topological polar surface area (TPSA) is 101 Å². The molecule has 148 valence electrons. The molecule has 0 unspecified atom stereocenters. The van der Waals surface area contributed by atoms with E-state index < -0.39 is 38.7 Å². The summed E-state index contributed by atoms with van der Waals surface area (Å²) in [6, 6.07) is 6.20. The number of ether oxygens (including phenoxy) is 3. The first-order chi connectivity index (χ1) is 13.2. The molecule has 7 nitrogen and oxygen atoms in total. The summed E-state index contributed by atoms with van der Waals surface area (Å²) in [5.74, 6) is -2.09. The van der Waals surface area contributed by atoms with Gasteiger partial charge in [-0.2, -0.15) is 0 Å². The first-order valence-corrected chi connectivity index (χ1v) is 9.60. The second-order valence-electron chi connectivity index (χ2n) is 5.82. The monoisotopic (exact) mass is 410 g/mol. The summed E-state index contributed by atoms with van der Waals surface area (Å²) >= 11 is 0. The minimum Gasteiger partial charge on any atom is -0.493 e. The van der Waals surface area contributed by atoms with Crippen molar-refractivity contribution in [2.75, 3.05) is 14.2 Å². The minimum atomic E-state index is -4.01. The summed E-state index contributed by atoms with van der Waals surface area (Å²) in [6.07, 6.45) is 1.44. The third kappa shape index (κ3) is 4.12. The Balaban J connectivity index is 2.04. The SMILES string of the molecule is COc1cc2nccc(Oc3cc(F)c(CS(N)(=O)=O)cc3F)c2cc1OC. The van der Waals surface area contributed by atoms with E-state index >= 15 is 0 Å². The summed E-state index contributed by atoms with van der Waals surface area (Å²) in [4.78, 5) is 4.20. The third-order valence-electron chi connectivity index (χ3n) is 3.88. The van der Waals surface area contributed by atoms with Crippen LogP contribution in [0, 0.1) is 11.6 Å². The van der Waals surface area contributed by atoms with Gasteiger partial charge in [-0.1, -0.05) is 0 Å². The van der Waals surface area contributed by atoms with Crippen molar-refractivity contribution in [1.82, 2.24) is 4.98 Å². The number of pyridine rings is 1. The van der Waals surface area contributed by atoms with Gasteiger partial charge in [-0.25, -0.2) is 22.3 Å². The normalized spacial score (nSPS) is 11.5. The van der Waals surface area contributed by atoms with Crippen LogP contribution in [0.1, 0.15) is 5.56 Å². The van der Waals surface area contributed by atoms with Gasteiger partial charge >= 0.3 is 0 Å². The first kappa shape index (κ1) is 19.8. The van der Waals surface area contributed by atoms with E-state index in [-0.39, 0.29) is 5.75 Å². The van der Waals surface area contributed by atoms with Crippen LogP contribution in [0.2, 0.25) is 0 Å². The second kappa shape index (κ2) is 7.56. The number of nitrogens with two attached hydrogens (primary N) is 1. The fourth-order valence-corrected chi connectivity index (χ4v) is 3.28. The molecule has 0 aliphatic carbocycles. The number of halogens is 2. The maximum absolute atomic E-state index is 14.4. The van der Waals surface area contributed by atoms with Crippen molar-refractivity contribution in [3.63, 3.8) is 0 Å². The van der Waals surface area contributed by atoms with Crippen LogP contribution in [-0.2, 0) is 15.8 Å². The summed E-state index contributed by atoms with van der Waals surface area (Å²) in [6.45, 7) is 0. The van der Waals surface area contributed by atoms with E-state index in [1.54, 1.807) is 12.1 Å². The Morgan fingerprint density at radius 3 is 2.29 bits per heavy atom. The van der Waals surface area contributed by atoms with Crippen LogP contribution >= 0.6 is 0 Å². The molecule has 1 aromatic heterocycles. The van der Waals surface area contributed by atoms with Gasteiger partial charge in [0, 0.05) is 29.3 Å². The maximum atomic E-state index is 14.4. The minimum absolute atomic E-state index is 0.198. The molecule has 0 aliphatic heterocycles. The van der Waals surface area contributed by atoms with Crippen LogP contribution in [0.25, 0.3) is 10.9 Å². The molecule has 0 atom stereocenters. The van der Waals surface area contributed by atoms with Gasteiger partial charge in [0.1, 0.15) is 11.6 Å². The van der Waals surface area contributed by atoms with Crippen molar-refractivity contribution in [3.05, 3.63) is 53.7 Å². The van der Waals surface area contributed by atoms with Gasteiger partial charge in [-0.15, -0.1) is 0 Å². The van der Waals surface area contributed by atoms with Gasteiger partial charge in [0.2, 0.25) is 10.0 Å². The fourth-order valence-electron chi connectivity index (χ4n) is 2.63. The van der Waals surface area contributed by atoms with Crippen molar-refractivity contribution in [2.45, 2.75) is 5.75 Å². The zero-order valence-electron chi connectivity index (χ0n) is 14.9. The molecule has 0 fully saturated rings. The lowest BCUT2D eigenvalue weighted by Gasteiger charge is -2.13. The zero-order valence-corrected chi connectivity index (χ0v) is 15.7. The molecule has 0 amide bonds. The van der Waals surface area contributed by atoms with Gasteiger partial charge in [0.25, 0.3) is 0 Å². The van der Waals surface area contributed by atoms with Gasteiger partial charge in [-0.05, 0) is 18.2 Å². The Morgan fingerprint density at radius 1 is 0.964 bits per heavy atom. The lowest BCUT2D eigenvalue weighted by molar-refractivity contribution is 0.355. The Labute approximate surface area is 159 Å². The van der Waals surface area contributed by atoms with Crippen LogP contribution in [0.5, 0.6) is 23.0 Å². The highest BCUT2D eigenvalue weighted by atomic mass is 32.2. The van der Waals surface area contributed by atoms with Crippen molar-refractivity contribution in [1.29, 1.82) is 0 Å².